The van der Waals surface area contributed by atoms with Crippen LogP contribution in [0.1, 0.15) is 19.4 Å². The quantitative estimate of drug-likeness (QED) is 0.893. The maximum Gasteiger partial charge on any atom is 0.318 e. The van der Waals surface area contributed by atoms with Crippen LogP contribution < -0.4 is 0 Å². The molecule has 1 aromatic carbocycles. The van der Waals surface area contributed by atoms with E-state index >= 15 is 0 Å². The predicted molar refractivity (Wildman–Crippen MR) is 67.8 cm³/mol. The largest absolute Gasteiger partial charge is 0.480 e. The van der Waals surface area contributed by atoms with E-state index in [1.807, 2.05) is 0 Å². The zero-order valence-corrected chi connectivity index (χ0v) is 11.7. The average Bonchev–Trinajstić information content (AvgIpc) is 2.28. The third kappa shape index (κ3) is 3.51. The first kappa shape index (κ1) is 15.6. The molecule has 0 aromatic heterocycles. The molecule has 1 aromatic rings. The van der Waals surface area contributed by atoms with Gasteiger partial charge in [-0.15, -0.1) is 0 Å². The highest BCUT2D eigenvalue weighted by atomic mass is 32.2. The lowest BCUT2D eigenvalue weighted by Gasteiger charge is -2.24. The van der Waals surface area contributed by atoms with Crippen LogP contribution >= 0.6 is 0 Å². The summed E-state index contributed by atoms with van der Waals surface area (Å²) in [6, 6.07) is 2.99. The molecule has 19 heavy (non-hydrogen) atoms. The number of hydrogen-bond donors (Lipinski definition) is 1. The van der Waals surface area contributed by atoms with E-state index in [1.54, 1.807) is 13.8 Å². The van der Waals surface area contributed by atoms with Crippen LogP contribution in [0.4, 0.5) is 4.39 Å². The van der Waals surface area contributed by atoms with Crippen LogP contribution in [0.2, 0.25) is 0 Å². The lowest BCUT2D eigenvalue weighted by Crippen LogP contribution is -2.40. The minimum atomic E-state index is -4.02. The number of nitrogens with zero attached hydrogens (tertiary/aromatic N) is 1. The van der Waals surface area contributed by atoms with Gasteiger partial charge in [0.15, 0.2) is 0 Å². The van der Waals surface area contributed by atoms with Gasteiger partial charge in [-0.05, 0) is 38.5 Å². The number of carboxylic acids is 1. The van der Waals surface area contributed by atoms with E-state index in [4.69, 9.17) is 5.11 Å². The van der Waals surface area contributed by atoms with Crippen LogP contribution in [0.15, 0.2) is 23.1 Å². The number of aryl methyl sites for hydroxylation is 1. The van der Waals surface area contributed by atoms with Crippen molar-refractivity contribution in [3.63, 3.8) is 0 Å². The standard InChI is InChI=1S/C12H16FNO4S/c1-8(2)14(7-12(15)16)19(17,18)10-5-4-9(3)11(13)6-10/h4-6,8H,7H2,1-3H3,(H,15,16). The van der Waals surface area contributed by atoms with E-state index in [2.05, 4.69) is 0 Å². The minimum absolute atomic E-state index is 0.245. The number of carboxylic acid groups (broad SMARTS) is 1. The third-order valence-corrected chi connectivity index (χ3v) is 4.63. The second-order valence-electron chi connectivity index (χ2n) is 4.45. The summed E-state index contributed by atoms with van der Waals surface area (Å²) in [6.45, 7) is 3.98. The molecule has 5 nitrogen and oxygen atoms in total. The Balaban J connectivity index is 3.26. The molecule has 0 amide bonds. The van der Waals surface area contributed by atoms with Crippen molar-refractivity contribution in [1.29, 1.82) is 0 Å². The van der Waals surface area contributed by atoms with Crippen molar-refractivity contribution in [3.8, 4) is 0 Å². The molecule has 0 saturated carbocycles. The van der Waals surface area contributed by atoms with Crippen LogP contribution in [0, 0.1) is 12.7 Å². The van der Waals surface area contributed by atoms with Gasteiger partial charge in [0, 0.05) is 6.04 Å². The van der Waals surface area contributed by atoms with Crippen molar-refractivity contribution in [2.75, 3.05) is 6.54 Å². The normalized spacial score (nSPS) is 12.1. The van der Waals surface area contributed by atoms with Gasteiger partial charge in [-0.25, -0.2) is 12.8 Å². The van der Waals surface area contributed by atoms with Gasteiger partial charge in [-0.2, -0.15) is 4.31 Å². The molecule has 0 aliphatic heterocycles. The molecule has 0 heterocycles. The summed E-state index contributed by atoms with van der Waals surface area (Å²) in [5.74, 6) is -1.90. The Labute approximate surface area is 111 Å². The molecule has 0 atom stereocenters. The fourth-order valence-corrected chi connectivity index (χ4v) is 3.15. The van der Waals surface area contributed by atoms with E-state index in [0.29, 0.717) is 5.56 Å². The minimum Gasteiger partial charge on any atom is -0.480 e. The van der Waals surface area contributed by atoms with Gasteiger partial charge in [0.2, 0.25) is 10.0 Å². The monoisotopic (exact) mass is 289 g/mol. The van der Waals surface area contributed by atoms with E-state index in [9.17, 15) is 17.6 Å². The Bertz CT molecular complexity index is 583. The number of hydrogen-bond acceptors (Lipinski definition) is 3. The first-order chi connectivity index (χ1) is 8.66. The summed E-state index contributed by atoms with van der Waals surface area (Å²) in [4.78, 5) is 10.5. The first-order valence-electron chi connectivity index (χ1n) is 5.66. The highest BCUT2D eigenvalue weighted by Crippen LogP contribution is 2.20. The van der Waals surface area contributed by atoms with Crippen molar-refractivity contribution in [2.24, 2.45) is 0 Å². The molecule has 0 saturated heterocycles. The van der Waals surface area contributed by atoms with E-state index in [-0.39, 0.29) is 4.90 Å². The summed E-state index contributed by atoms with van der Waals surface area (Å²) in [5.41, 5.74) is 0.327. The Kier molecular flexibility index (Phi) is 4.65. The average molecular weight is 289 g/mol. The Morgan fingerprint density at radius 2 is 2.00 bits per heavy atom. The lowest BCUT2D eigenvalue weighted by atomic mass is 10.2. The number of sulfonamides is 1. The van der Waals surface area contributed by atoms with Crippen molar-refractivity contribution in [1.82, 2.24) is 4.31 Å². The maximum absolute atomic E-state index is 13.4. The van der Waals surface area contributed by atoms with Crippen LogP contribution in [0.25, 0.3) is 0 Å². The first-order valence-corrected chi connectivity index (χ1v) is 7.10. The number of aliphatic carboxylic acids is 1. The second kappa shape index (κ2) is 5.66. The molecular weight excluding hydrogens is 273 g/mol. The molecule has 0 aliphatic rings. The molecule has 0 unspecified atom stereocenters. The van der Waals surface area contributed by atoms with Gasteiger partial charge in [-0.1, -0.05) is 6.07 Å². The molecule has 1 rings (SSSR count). The Morgan fingerprint density at radius 1 is 1.42 bits per heavy atom. The van der Waals surface area contributed by atoms with Crippen molar-refractivity contribution >= 4 is 16.0 Å². The molecule has 0 bridgehead atoms. The van der Waals surface area contributed by atoms with Crippen molar-refractivity contribution in [2.45, 2.75) is 31.7 Å². The van der Waals surface area contributed by atoms with Crippen LogP contribution in [-0.2, 0) is 14.8 Å². The van der Waals surface area contributed by atoms with Crippen LogP contribution in [0.3, 0.4) is 0 Å². The van der Waals surface area contributed by atoms with Gasteiger partial charge in [0.25, 0.3) is 0 Å². The number of rotatable bonds is 5. The Hall–Kier alpha value is -1.47. The van der Waals surface area contributed by atoms with Crippen LogP contribution in [0.5, 0.6) is 0 Å². The van der Waals surface area contributed by atoms with Crippen molar-refractivity contribution < 1.29 is 22.7 Å². The molecule has 0 aliphatic carbocycles. The smallest absolute Gasteiger partial charge is 0.318 e. The van der Waals surface area contributed by atoms with Crippen LogP contribution in [-0.4, -0.2) is 36.4 Å². The summed E-state index contributed by atoms with van der Waals surface area (Å²) < 4.78 is 38.8. The molecule has 7 heteroatoms. The molecule has 0 fully saturated rings. The van der Waals surface area contributed by atoms with E-state index < -0.39 is 34.4 Å². The fourth-order valence-electron chi connectivity index (χ4n) is 1.55. The lowest BCUT2D eigenvalue weighted by molar-refractivity contribution is -0.137. The summed E-state index contributed by atoms with van der Waals surface area (Å²) in [6.07, 6.45) is 0. The molecular formula is C12H16FNO4S. The molecule has 1 N–H and O–H groups in total. The Morgan fingerprint density at radius 3 is 2.42 bits per heavy atom. The van der Waals surface area contributed by atoms with Gasteiger partial charge in [0.05, 0.1) is 4.90 Å². The summed E-state index contributed by atoms with van der Waals surface area (Å²) in [5, 5.41) is 8.76. The maximum atomic E-state index is 13.4. The zero-order chi connectivity index (χ0) is 14.8. The third-order valence-electron chi connectivity index (χ3n) is 2.62. The summed E-state index contributed by atoms with van der Waals surface area (Å²) in [7, 11) is -4.02. The fraction of sp³-hybridized carbons (Fsp3) is 0.417. The SMILES string of the molecule is Cc1ccc(S(=O)(=O)N(CC(=O)O)C(C)C)cc1F. The predicted octanol–water partition coefficient (Wildman–Crippen LogP) is 1.62. The van der Waals surface area contributed by atoms with E-state index in [0.717, 1.165) is 10.4 Å². The second-order valence-corrected chi connectivity index (χ2v) is 6.34. The van der Waals surface area contributed by atoms with Crippen molar-refractivity contribution in [3.05, 3.63) is 29.6 Å². The van der Waals surface area contributed by atoms with E-state index in [1.165, 1.54) is 19.1 Å². The van der Waals surface area contributed by atoms with Gasteiger partial charge >= 0.3 is 5.97 Å². The van der Waals surface area contributed by atoms with Gasteiger partial charge in [-0.3, -0.25) is 4.79 Å². The van der Waals surface area contributed by atoms with Gasteiger partial charge in [0.1, 0.15) is 12.4 Å². The van der Waals surface area contributed by atoms with Gasteiger partial charge < -0.3 is 5.11 Å². The highest BCUT2D eigenvalue weighted by Gasteiger charge is 2.29. The molecule has 0 spiro atoms. The zero-order valence-electron chi connectivity index (χ0n) is 10.9. The topological polar surface area (TPSA) is 74.7 Å². The molecule has 0 radical (unpaired) electrons. The highest BCUT2D eigenvalue weighted by molar-refractivity contribution is 7.89. The number of carbonyl (C=O) groups is 1. The number of benzene rings is 1. The molecule has 106 valence electrons. The number of halogens is 1. The summed E-state index contributed by atoms with van der Waals surface area (Å²) >= 11 is 0.